The van der Waals surface area contributed by atoms with Crippen LogP contribution >= 0.6 is 0 Å². The van der Waals surface area contributed by atoms with Crippen molar-refractivity contribution in [1.82, 2.24) is 9.88 Å². The van der Waals surface area contributed by atoms with Gasteiger partial charge in [0.25, 0.3) is 0 Å². The average Bonchev–Trinajstić information content (AvgIpc) is 3.04. The summed E-state index contributed by atoms with van der Waals surface area (Å²) in [6.07, 6.45) is 3.37. The molecule has 2 aliphatic carbocycles. The van der Waals surface area contributed by atoms with Gasteiger partial charge in [-0.2, -0.15) is 0 Å². The molecule has 1 N–H and O–H groups in total. The maximum absolute atomic E-state index is 13.7. The molecule has 2 aromatic rings. The summed E-state index contributed by atoms with van der Waals surface area (Å²) in [5.74, 6) is 0.0521. The average molecular weight is 403 g/mol. The molecule has 4 nitrogen and oxygen atoms in total. The van der Waals surface area contributed by atoms with Crippen molar-refractivity contribution >= 4 is 22.5 Å². The fourth-order valence-corrected chi connectivity index (χ4v) is 5.45. The maximum Gasteiger partial charge on any atom is 0.167 e. The number of allylic oxidation sites excluding steroid dienone is 4. The van der Waals surface area contributed by atoms with E-state index in [1.807, 2.05) is 39.8 Å². The number of para-hydroxylation sites is 1. The van der Waals surface area contributed by atoms with Gasteiger partial charge in [-0.1, -0.05) is 45.9 Å². The number of dihydropyridines is 1. The van der Waals surface area contributed by atoms with Crippen LogP contribution in [-0.2, 0) is 16.6 Å². The standard InChI is InChI=1S/C26H30N2O2/c1-25(2)12-10-16-20(23(25)29)22(19-14-15-8-6-7-9-18(15)28(19)5)21-17(27-16)11-13-26(3,4)24(21)30/h6-9,14,22,27H,10-13H2,1-5H3. The van der Waals surface area contributed by atoms with Gasteiger partial charge in [0.1, 0.15) is 0 Å². The van der Waals surface area contributed by atoms with Gasteiger partial charge in [-0.15, -0.1) is 0 Å². The van der Waals surface area contributed by atoms with Gasteiger partial charge in [0.2, 0.25) is 0 Å². The van der Waals surface area contributed by atoms with E-state index in [-0.39, 0.29) is 17.5 Å². The Kier molecular flexibility index (Phi) is 3.99. The van der Waals surface area contributed by atoms with Crippen molar-refractivity contribution in [3.63, 3.8) is 0 Å². The minimum atomic E-state index is -0.408. The van der Waals surface area contributed by atoms with Crippen LogP contribution in [0.3, 0.4) is 0 Å². The number of aryl methyl sites for hydroxylation is 1. The zero-order valence-electron chi connectivity index (χ0n) is 18.6. The lowest BCUT2D eigenvalue weighted by Gasteiger charge is -2.43. The van der Waals surface area contributed by atoms with E-state index in [2.05, 4.69) is 35.1 Å². The first kappa shape index (κ1) is 19.3. The van der Waals surface area contributed by atoms with Crippen molar-refractivity contribution in [3.8, 4) is 0 Å². The predicted octanol–water partition coefficient (Wildman–Crippen LogP) is 5.15. The molecule has 0 amide bonds. The number of aromatic nitrogens is 1. The SMILES string of the molecule is Cn1c(C2C3=C(CCC(C)(C)C3=O)NC3=C2C(=O)C(C)(C)CC3)cc2ccccc21. The molecule has 0 unspecified atom stereocenters. The zero-order valence-corrected chi connectivity index (χ0v) is 18.6. The molecule has 0 saturated heterocycles. The van der Waals surface area contributed by atoms with Gasteiger partial charge in [-0.25, -0.2) is 0 Å². The highest BCUT2D eigenvalue weighted by Crippen LogP contribution is 2.51. The summed E-state index contributed by atoms with van der Waals surface area (Å²) in [5, 5.41) is 4.70. The number of nitrogens with one attached hydrogen (secondary N) is 1. The second-order valence-electron chi connectivity index (χ2n) is 10.5. The molecule has 3 aliphatic rings. The number of ketones is 2. The van der Waals surface area contributed by atoms with Gasteiger partial charge < -0.3 is 9.88 Å². The Balaban J connectivity index is 1.79. The van der Waals surface area contributed by atoms with Crippen molar-refractivity contribution < 1.29 is 9.59 Å². The number of carbonyl (C=O) groups is 2. The first-order valence-electron chi connectivity index (χ1n) is 11.0. The Morgan fingerprint density at radius 1 is 0.900 bits per heavy atom. The monoisotopic (exact) mass is 402 g/mol. The summed E-state index contributed by atoms with van der Waals surface area (Å²) in [6.45, 7) is 8.14. The first-order chi connectivity index (χ1) is 14.1. The third-order valence-corrected chi connectivity index (χ3v) is 7.53. The van der Waals surface area contributed by atoms with E-state index in [0.29, 0.717) is 0 Å². The second kappa shape index (κ2) is 6.19. The van der Waals surface area contributed by atoms with Gasteiger partial charge in [0, 0.05) is 51.6 Å². The third kappa shape index (κ3) is 2.59. The molecule has 5 rings (SSSR count). The summed E-state index contributed by atoms with van der Waals surface area (Å²) >= 11 is 0. The Bertz CT molecular complexity index is 1120. The number of hydrogen-bond donors (Lipinski definition) is 1. The van der Waals surface area contributed by atoms with Gasteiger partial charge in [-0.05, 0) is 43.2 Å². The fraction of sp³-hybridized carbons (Fsp3) is 0.462. The van der Waals surface area contributed by atoms with Crippen molar-refractivity contribution in [2.24, 2.45) is 17.9 Å². The molecule has 0 saturated carbocycles. The van der Waals surface area contributed by atoms with Crippen LogP contribution in [0.25, 0.3) is 10.9 Å². The molecule has 1 aromatic carbocycles. The van der Waals surface area contributed by atoms with Crippen LogP contribution < -0.4 is 5.32 Å². The van der Waals surface area contributed by atoms with Crippen LogP contribution in [0.15, 0.2) is 52.9 Å². The minimum Gasteiger partial charge on any atom is -0.362 e. The number of nitrogens with zero attached hydrogens (tertiary/aromatic N) is 1. The number of Topliss-reactive ketones (excluding diaryl/α,β-unsaturated/α-hetero) is 2. The van der Waals surface area contributed by atoms with Crippen molar-refractivity contribution in [1.29, 1.82) is 0 Å². The van der Waals surface area contributed by atoms with Gasteiger partial charge in [0.15, 0.2) is 11.6 Å². The number of benzene rings is 1. The maximum atomic E-state index is 13.7. The highest BCUT2D eigenvalue weighted by atomic mass is 16.1. The lowest BCUT2D eigenvalue weighted by Crippen LogP contribution is -2.44. The van der Waals surface area contributed by atoms with E-state index in [1.54, 1.807) is 0 Å². The molecular formula is C26H30N2O2. The van der Waals surface area contributed by atoms with Crippen LogP contribution in [0.1, 0.15) is 65.0 Å². The van der Waals surface area contributed by atoms with E-state index >= 15 is 0 Å². The van der Waals surface area contributed by atoms with Crippen LogP contribution in [0.4, 0.5) is 0 Å². The minimum absolute atomic E-state index is 0.175. The Morgan fingerprint density at radius 2 is 1.43 bits per heavy atom. The van der Waals surface area contributed by atoms with Crippen LogP contribution in [0.2, 0.25) is 0 Å². The number of hydrogen-bond acceptors (Lipinski definition) is 3. The highest BCUT2D eigenvalue weighted by Gasteiger charge is 2.49. The molecule has 4 heteroatoms. The van der Waals surface area contributed by atoms with E-state index in [1.165, 1.54) is 0 Å². The topological polar surface area (TPSA) is 51.1 Å². The fourth-order valence-electron chi connectivity index (χ4n) is 5.45. The summed E-state index contributed by atoms with van der Waals surface area (Å²) in [5.41, 5.74) is 5.02. The van der Waals surface area contributed by atoms with Crippen molar-refractivity contribution in [2.45, 2.75) is 59.3 Å². The van der Waals surface area contributed by atoms with E-state index in [4.69, 9.17) is 0 Å². The van der Waals surface area contributed by atoms with Gasteiger partial charge in [-0.3, -0.25) is 9.59 Å². The molecule has 30 heavy (non-hydrogen) atoms. The largest absolute Gasteiger partial charge is 0.362 e. The molecule has 1 aromatic heterocycles. The molecule has 0 spiro atoms. The van der Waals surface area contributed by atoms with Crippen molar-refractivity contribution in [3.05, 3.63) is 58.6 Å². The molecule has 1 aliphatic heterocycles. The molecule has 0 radical (unpaired) electrons. The van der Waals surface area contributed by atoms with Gasteiger partial charge in [0.05, 0.1) is 5.92 Å². The summed E-state index contributed by atoms with van der Waals surface area (Å²) < 4.78 is 2.17. The lowest BCUT2D eigenvalue weighted by atomic mass is 9.63. The van der Waals surface area contributed by atoms with Crippen LogP contribution in [0, 0.1) is 10.8 Å². The normalized spacial score (nSPS) is 23.5. The zero-order chi connectivity index (χ0) is 21.4. The first-order valence-corrected chi connectivity index (χ1v) is 11.0. The van der Waals surface area contributed by atoms with Crippen LogP contribution in [0.5, 0.6) is 0 Å². The Labute approximate surface area is 178 Å². The van der Waals surface area contributed by atoms with E-state index < -0.39 is 10.8 Å². The quantitative estimate of drug-likeness (QED) is 0.717. The molecule has 0 fully saturated rings. The van der Waals surface area contributed by atoms with E-state index in [9.17, 15) is 9.59 Å². The molecular weight excluding hydrogens is 372 g/mol. The second-order valence-corrected chi connectivity index (χ2v) is 10.5. The highest BCUT2D eigenvalue weighted by molar-refractivity contribution is 6.09. The summed E-state index contributed by atoms with van der Waals surface area (Å²) in [4.78, 5) is 27.4. The number of carbonyl (C=O) groups excluding carboxylic acids is 2. The Morgan fingerprint density at radius 3 is 1.97 bits per heavy atom. The van der Waals surface area contributed by atoms with Gasteiger partial charge >= 0.3 is 0 Å². The molecule has 0 bridgehead atoms. The summed E-state index contributed by atoms with van der Waals surface area (Å²) in [6, 6.07) is 10.4. The number of rotatable bonds is 1. The molecule has 2 heterocycles. The molecule has 0 atom stereocenters. The predicted molar refractivity (Wildman–Crippen MR) is 119 cm³/mol. The third-order valence-electron chi connectivity index (χ3n) is 7.53. The Hall–Kier alpha value is -2.62. The molecule has 156 valence electrons. The van der Waals surface area contributed by atoms with E-state index in [0.717, 1.165) is 64.8 Å². The van der Waals surface area contributed by atoms with Crippen LogP contribution in [-0.4, -0.2) is 16.1 Å². The number of fused-ring (bicyclic) bond motifs is 1. The van der Waals surface area contributed by atoms with Crippen molar-refractivity contribution in [2.75, 3.05) is 0 Å². The lowest BCUT2D eigenvalue weighted by molar-refractivity contribution is -0.125. The smallest absolute Gasteiger partial charge is 0.167 e. The summed E-state index contributed by atoms with van der Waals surface area (Å²) in [7, 11) is 2.05.